The van der Waals surface area contributed by atoms with Gasteiger partial charge in [0.2, 0.25) is 0 Å². The summed E-state index contributed by atoms with van der Waals surface area (Å²) in [6, 6.07) is 15.1. The monoisotopic (exact) mass is 410 g/mol. The summed E-state index contributed by atoms with van der Waals surface area (Å²) in [5.41, 5.74) is 2.53. The first kappa shape index (κ1) is 19.5. The van der Waals surface area contributed by atoms with Crippen molar-refractivity contribution in [3.63, 3.8) is 0 Å². The number of carbonyl (C=O) groups is 1. The Bertz CT molecular complexity index is 982. The number of aromatic nitrogens is 2. The largest absolute Gasteiger partial charge is 0.496 e. The van der Waals surface area contributed by atoms with Gasteiger partial charge in [-0.05, 0) is 36.4 Å². The summed E-state index contributed by atoms with van der Waals surface area (Å²) in [5.74, 6) is 0.872. The van der Waals surface area contributed by atoms with Gasteiger partial charge in [-0.2, -0.15) is 5.10 Å². The maximum atomic E-state index is 13.2. The van der Waals surface area contributed by atoms with E-state index >= 15 is 0 Å². The standard InChI is InChI=1S/C22H23ClN4O2/c1-29-21-8-7-18(23)15-17(21)16-25-11-13-26(14-12-25)22(28)19-5-2-3-6-20(19)27-10-4-9-24-27/h2-10,15H,11-14,16H2,1H3. The molecule has 1 aromatic heterocycles. The Morgan fingerprint density at radius 1 is 1.10 bits per heavy atom. The molecule has 0 unspecified atom stereocenters. The number of ether oxygens (including phenoxy) is 1. The lowest BCUT2D eigenvalue weighted by molar-refractivity contribution is 0.0627. The Morgan fingerprint density at radius 2 is 1.90 bits per heavy atom. The molecule has 0 atom stereocenters. The van der Waals surface area contributed by atoms with Gasteiger partial charge in [0.15, 0.2) is 0 Å². The molecule has 0 spiro atoms. The molecule has 3 aromatic rings. The van der Waals surface area contributed by atoms with Crippen molar-refractivity contribution in [3.8, 4) is 11.4 Å². The molecule has 150 valence electrons. The molecule has 7 heteroatoms. The van der Waals surface area contributed by atoms with E-state index in [0.29, 0.717) is 23.7 Å². The van der Waals surface area contributed by atoms with E-state index in [-0.39, 0.29) is 5.91 Å². The van der Waals surface area contributed by atoms with Gasteiger partial charge in [-0.3, -0.25) is 9.69 Å². The summed E-state index contributed by atoms with van der Waals surface area (Å²) in [6.45, 7) is 3.69. The molecule has 1 aliphatic rings. The second kappa shape index (κ2) is 8.68. The lowest BCUT2D eigenvalue weighted by Crippen LogP contribution is -2.48. The smallest absolute Gasteiger partial charge is 0.256 e. The molecule has 0 bridgehead atoms. The predicted octanol–water partition coefficient (Wildman–Crippen LogP) is 3.49. The fourth-order valence-corrected chi connectivity index (χ4v) is 3.85. The van der Waals surface area contributed by atoms with Crippen LogP contribution in [0.4, 0.5) is 0 Å². The van der Waals surface area contributed by atoms with Crippen molar-refractivity contribution >= 4 is 17.5 Å². The summed E-state index contributed by atoms with van der Waals surface area (Å²) in [6.07, 6.45) is 3.56. The highest BCUT2D eigenvalue weighted by Gasteiger charge is 2.24. The van der Waals surface area contributed by atoms with Crippen LogP contribution in [0.2, 0.25) is 5.02 Å². The number of carbonyl (C=O) groups excluding carboxylic acids is 1. The molecule has 2 heterocycles. The SMILES string of the molecule is COc1ccc(Cl)cc1CN1CCN(C(=O)c2ccccc2-n2cccn2)CC1. The Labute approximate surface area is 175 Å². The van der Waals surface area contributed by atoms with Crippen LogP contribution in [0.1, 0.15) is 15.9 Å². The second-order valence-electron chi connectivity index (χ2n) is 6.99. The fraction of sp³-hybridized carbons (Fsp3) is 0.273. The molecule has 1 saturated heterocycles. The number of para-hydroxylation sites is 1. The zero-order valence-electron chi connectivity index (χ0n) is 16.3. The number of hydrogen-bond acceptors (Lipinski definition) is 4. The van der Waals surface area contributed by atoms with E-state index < -0.39 is 0 Å². The van der Waals surface area contributed by atoms with Crippen LogP contribution < -0.4 is 4.74 Å². The van der Waals surface area contributed by atoms with E-state index in [2.05, 4.69) is 10.00 Å². The lowest BCUT2D eigenvalue weighted by atomic mass is 10.1. The average molecular weight is 411 g/mol. The first-order valence-corrected chi connectivity index (χ1v) is 9.96. The topological polar surface area (TPSA) is 50.6 Å². The van der Waals surface area contributed by atoms with Crippen molar-refractivity contribution in [3.05, 3.63) is 77.1 Å². The van der Waals surface area contributed by atoms with Crippen LogP contribution in [0.5, 0.6) is 5.75 Å². The normalized spacial score (nSPS) is 14.8. The van der Waals surface area contributed by atoms with Crippen molar-refractivity contribution < 1.29 is 9.53 Å². The van der Waals surface area contributed by atoms with Gasteiger partial charge in [0.25, 0.3) is 5.91 Å². The number of halogens is 1. The van der Waals surface area contributed by atoms with Gasteiger partial charge in [0.05, 0.1) is 18.4 Å². The number of hydrogen-bond donors (Lipinski definition) is 0. The molecule has 29 heavy (non-hydrogen) atoms. The van der Waals surface area contributed by atoms with Crippen molar-refractivity contribution in [1.82, 2.24) is 19.6 Å². The minimum Gasteiger partial charge on any atom is -0.496 e. The molecular weight excluding hydrogens is 388 g/mol. The second-order valence-corrected chi connectivity index (χ2v) is 7.43. The molecule has 0 saturated carbocycles. The van der Waals surface area contributed by atoms with E-state index in [4.69, 9.17) is 16.3 Å². The third-order valence-corrected chi connectivity index (χ3v) is 5.42. The number of piperazine rings is 1. The number of amides is 1. The van der Waals surface area contributed by atoms with Crippen LogP contribution >= 0.6 is 11.6 Å². The number of methoxy groups -OCH3 is 1. The molecule has 0 N–H and O–H groups in total. The molecule has 2 aromatic carbocycles. The maximum Gasteiger partial charge on any atom is 0.256 e. The molecule has 0 aliphatic carbocycles. The number of rotatable bonds is 5. The van der Waals surface area contributed by atoms with E-state index in [1.54, 1.807) is 18.0 Å². The van der Waals surface area contributed by atoms with Crippen LogP contribution in [-0.4, -0.2) is 58.8 Å². The quantitative estimate of drug-likeness (QED) is 0.646. The third-order valence-electron chi connectivity index (χ3n) is 5.18. The summed E-state index contributed by atoms with van der Waals surface area (Å²) in [7, 11) is 1.67. The van der Waals surface area contributed by atoms with Crippen molar-refractivity contribution in [2.75, 3.05) is 33.3 Å². The molecule has 6 nitrogen and oxygen atoms in total. The highest BCUT2D eigenvalue weighted by Crippen LogP contribution is 2.25. The Kier molecular flexibility index (Phi) is 5.83. The highest BCUT2D eigenvalue weighted by molar-refractivity contribution is 6.30. The van der Waals surface area contributed by atoms with E-state index in [1.807, 2.05) is 59.6 Å². The zero-order chi connectivity index (χ0) is 20.2. The van der Waals surface area contributed by atoms with Gasteiger partial charge in [-0.1, -0.05) is 23.7 Å². The van der Waals surface area contributed by atoms with Crippen molar-refractivity contribution in [2.45, 2.75) is 6.54 Å². The molecule has 4 rings (SSSR count). The fourth-order valence-electron chi connectivity index (χ4n) is 3.66. The number of nitrogens with zero attached hydrogens (tertiary/aromatic N) is 4. The van der Waals surface area contributed by atoms with E-state index in [0.717, 1.165) is 36.6 Å². The van der Waals surface area contributed by atoms with Gasteiger partial charge in [0, 0.05) is 55.7 Å². The van der Waals surface area contributed by atoms with Gasteiger partial charge in [-0.15, -0.1) is 0 Å². The van der Waals surface area contributed by atoms with Crippen molar-refractivity contribution in [2.24, 2.45) is 0 Å². The molecular formula is C22H23ClN4O2. The van der Waals surface area contributed by atoms with Gasteiger partial charge < -0.3 is 9.64 Å². The highest BCUT2D eigenvalue weighted by atomic mass is 35.5. The summed E-state index contributed by atoms with van der Waals surface area (Å²) < 4.78 is 7.18. The van der Waals surface area contributed by atoms with Gasteiger partial charge in [-0.25, -0.2) is 4.68 Å². The summed E-state index contributed by atoms with van der Waals surface area (Å²) >= 11 is 6.15. The average Bonchev–Trinajstić information content (AvgIpc) is 3.29. The zero-order valence-corrected chi connectivity index (χ0v) is 17.0. The first-order chi connectivity index (χ1) is 14.2. The Morgan fingerprint density at radius 3 is 2.62 bits per heavy atom. The van der Waals surface area contributed by atoms with Gasteiger partial charge in [0.1, 0.15) is 5.75 Å². The van der Waals surface area contributed by atoms with Crippen LogP contribution in [0.3, 0.4) is 0 Å². The minimum absolute atomic E-state index is 0.0380. The summed E-state index contributed by atoms with van der Waals surface area (Å²) in [5, 5.41) is 4.97. The molecule has 1 fully saturated rings. The van der Waals surface area contributed by atoms with E-state index in [9.17, 15) is 4.79 Å². The van der Waals surface area contributed by atoms with Crippen LogP contribution in [0, 0.1) is 0 Å². The Hall–Kier alpha value is -2.83. The Balaban J connectivity index is 1.43. The van der Waals surface area contributed by atoms with Crippen LogP contribution in [0.15, 0.2) is 60.9 Å². The molecule has 0 radical (unpaired) electrons. The molecule has 1 aliphatic heterocycles. The summed E-state index contributed by atoms with van der Waals surface area (Å²) in [4.78, 5) is 17.4. The lowest BCUT2D eigenvalue weighted by Gasteiger charge is -2.35. The third kappa shape index (κ3) is 4.28. The molecule has 1 amide bonds. The minimum atomic E-state index is 0.0380. The number of benzene rings is 2. The van der Waals surface area contributed by atoms with Gasteiger partial charge >= 0.3 is 0 Å². The van der Waals surface area contributed by atoms with E-state index in [1.165, 1.54) is 0 Å². The van der Waals surface area contributed by atoms with Crippen LogP contribution in [0.25, 0.3) is 5.69 Å². The van der Waals surface area contributed by atoms with Crippen LogP contribution in [-0.2, 0) is 6.54 Å². The first-order valence-electron chi connectivity index (χ1n) is 9.59. The maximum absolute atomic E-state index is 13.2. The predicted molar refractivity (Wildman–Crippen MR) is 113 cm³/mol. The van der Waals surface area contributed by atoms with Crippen molar-refractivity contribution in [1.29, 1.82) is 0 Å².